The van der Waals surface area contributed by atoms with Crippen LogP contribution in [0.1, 0.15) is 29.6 Å². The van der Waals surface area contributed by atoms with Crippen molar-refractivity contribution >= 4 is 11.6 Å². The number of aliphatic hydroxyl groups is 1. The fourth-order valence-corrected chi connectivity index (χ4v) is 2.27. The summed E-state index contributed by atoms with van der Waals surface area (Å²) in [6, 6.07) is 3.40. The zero-order valence-electron chi connectivity index (χ0n) is 10.9. The number of nitro groups is 1. The number of phenolic OH excluding ortho intramolecular Hbond substituents is 1. The maximum atomic E-state index is 12.4. The molecule has 1 fully saturated rings. The molecule has 1 aliphatic rings. The number of amides is 1. The van der Waals surface area contributed by atoms with Gasteiger partial charge in [0.2, 0.25) is 0 Å². The lowest BCUT2D eigenvalue weighted by atomic mass is 9.91. The van der Waals surface area contributed by atoms with Crippen LogP contribution in [0.4, 0.5) is 5.69 Å². The summed E-state index contributed by atoms with van der Waals surface area (Å²) in [5.41, 5.74) is -0.481. The van der Waals surface area contributed by atoms with E-state index < -0.39 is 10.8 Å². The predicted octanol–water partition coefficient (Wildman–Crippen LogP) is 1.29. The van der Waals surface area contributed by atoms with E-state index in [1.807, 2.05) is 0 Å². The van der Waals surface area contributed by atoms with E-state index in [1.54, 1.807) is 0 Å². The second-order valence-corrected chi connectivity index (χ2v) is 4.77. The SMILES string of the molecule is O=C(c1cc(O)ccc1[N+](=O)[O-])N(CCO)C1CCC1. The quantitative estimate of drug-likeness (QED) is 0.624. The summed E-state index contributed by atoms with van der Waals surface area (Å²) in [5.74, 6) is -0.720. The highest BCUT2D eigenvalue weighted by Gasteiger charge is 2.32. The molecule has 2 rings (SSSR count). The van der Waals surface area contributed by atoms with Crippen molar-refractivity contribution in [1.82, 2.24) is 4.90 Å². The first-order chi connectivity index (χ1) is 9.54. The Balaban J connectivity index is 2.34. The first-order valence-electron chi connectivity index (χ1n) is 6.44. The second-order valence-electron chi connectivity index (χ2n) is 4.77. The molecule has 0 atom stereocenters. The van der Waals surface area contributed by atoms with Gasteiger partial charge in [-0.3, -0.25) is 14.9 Å². The van der Waals surface area contributed by atoms with Crippen LogP contribution >= 0.6 is 0 Å². The average molecular weight is 280 g/mol. The molecule has 1 aliphatic carbocycles. The molecular weight excluding hydrogens is 264 g/mol. The van der Waals surface area contributed by atoms with Crippen molar-refractivity contribution in [2.45, 2.75) is 25.3 Å². The summed E-state index contributed by atoms with van der Waals surface area (Å²) < 4.78 is 0. The molecule has 0 saturated heterocycles. The van der Waals surface area contributed by atoms with Gasteiger partial charge in [-0.2, -0.15) is 0 Å². The van der Waals surface area contributed by atoms with E-state index in [2.05, 4.69) is 0 Å². The van der Waals surface area contributed by atoms with Gasteiger partial charge in [-0.1, -0.05) is 0 Å². The number of hydrogen-bond acceptors (Lipinski definition) is 5. The van der Waals surface area contributed by atoms with Gasteiger partial charge in [-0.25, -0.2) is 0 Å². The Morgan fingerprint density at radius 2 is 2.15 bits per heavy atom. The van der Waals surface area contributed by atoms with Crippen LogP contribution in [0.25, 0.3) is 0 Å². The summed E-state index contributed by atoms with van der Waals surface area (Å²) in [4.78, 5) is 24.2. The highest BCUT2D eigenvalue weighted by molar-refractivity contribution is 5.98. The van der Waals surface area contributed by atoms with Gasteiger partial charge in [0.15, 0.2) is 0 Å². The van der Waals surface area contributed by atoms with E-state index in [0.717, 1.165) is 31.4 Å². The lowest BCUT2D eigenvalue weighted by Crippen LogP contribution is -2.45. The van der Waals surface area contributed by atoms with Crippen LogP contribution < -0.4 is 0 Å². The van der Waals surface area contributed by atoms with Crippen molar-refractivity contribution in [1.29, 1.82) is 0 Å². The first kappa shape index (κ1) is 14.3. The molecule has 0 radical (unpaired) electrons. The van der Waals surface area contributed by atoms with Gasteiger partial charge in [-0.05, 0) is 31.4 Å². The lowest BCUT2D eigenvalue weighted by Gasteiger charge is -2.37. The van der Waals surface area contributed by atoms with Crippen LogP contribution in [0.3, 0.4) is 0 Å². The Kier molecular flexibility index (Phi) is 4.19. The summed E-state index contributed by atoms with van der Waals surface area (Å²) >= 11 is 0. The lowest BCUT2D eigenvalue weighted by molar-refractivity contribution is -0.385. The Hall–Kier alpha value is -2.15. The molecule has 1 saturated carbocycles. The minimum Gasteiger partial charge on any atom is -0.508 e. The minimum atomic E-state index is -0.648. The molecule has 20 heavy (non-hydrogen) atoms. The monoisotopic (exact) mass is 280 g/mol. The van der Waals surface area contributed by atoms with Gasteiger partial charge < -0.3 is 15.1 Å². The minimum absolute atomic E-state index is 0.0107. The molecule has 108 valence electrons. The van der Waals surface area contributed by atoms with Crippen molar-refractivity contribution in [3.8, 4) is 5.75 Å². The molecule has 1 aromatic rings. The smallest absolute Gasteiger partial charge is 0.282 e. The third kappa shape index (κ3) is 2.72. The maximum Gasteiger partial charge on any atom is 0.282 e. The molecule has 1 amide bonds. The van der Waals surface area contributed by atoms with Crippen LogP contribution in [-0.4, -0.2) is 45.1 Å². The van der Waals surface area contributed by atoms with Crippen LogP contribution in [0.2, 0.25) is 0 Å². The Bertz CT molecular complexity index is 527. The van der Waals surface area contributed by atoms with Crippen molar-refractivity contribution < 1.29 is 19.9 Å². The van der Waals surface area contributed by atoms with Crippen LogP contribution in [0.5, 0.6) is 5.75 Å². The third-order valence-corrected chi connectivity index (χ3v) is 3.52. The largest absolute Gasteiger partial charge is 0.508 e. The van der Waals surface area contributed by atoms with Crippen molar-refractivity contribution in [2.24, 2.45) is 0 Å². The van der Waals surface area contributed by atoms with Crippen LogP contribution in [0.15, 0.2) is 18.2 Å². The summed E-state index contributed by atoms with van der Waals surface area (Å²) in [6.07, 6.45) is 2.67. The van der Waals surface area contributed by atoms with Crippen LogP contribution in [0, 0.1) is 10.1 Å². The Morgan fingerprint density at radius 3 is 2.65 bits per heavy atom. The van der Waals surface area contributed by atoms with Gasteiger partial charge in [0.05, 0.1) is 11.5 Å². The van der Waals surface area contributed by atoms with Gasteiger partial charge in [0, 0.05) is 18.7 Å². The van der Waals surface area contributed by atoms with E-state index in [0.29, 0.717) is 0 Å². The third-order valence-electron chi connectivity index (χ3n) is 3.52. The normalized spacial score (nSPS) is 14.7. The number of aliphatic hydroxyl groups excluding tert-OH is 1. The number of nitrogens with zero attached hydrogens (tertiary/aromatic N) is 2. The molecule has 7 heteroatoms. The highest BCUT2D eigenvalue weighted by Crippen LogP contribution is 2.29. The summed E-state index contributed by atoms with van der Waals surface area (Å²) in [5, 5.41) is 29.5. The molecule has 0 aliphatic heterocycles. The molecule has 0 unspecified atom stereocenters. The van der Waals surface area contributed by atoms with E-state index in [-0.39, 0.29) is 36.2 Å². The number of nitro benzene ring substituents is 1. The average Bonchev–Trinajstić information content (AvgIpc) is 2.34. The van der Waals surface area contributed by atoms with Crippen molar-refractivity contribution in [3.05, 3.63) is 33.9 Å². The van der Waals surface area contributed by atoms with Gasteiger partial charge in [0.25, 0.3) is 11.6 Å². The Morgan fingerprint density at radius 1 is 1.45 bits per heavy atom. The molecule has 1 aromatic carbocycles. The number of rotatable bonds is 5. The molecule has 0 bridgehead atoms. The van der Waals surface area contributed by atoms with E-state index in [1.165, 1.54) is 11.0 Å². The predicted molar refractivity (Wildman–Crippen MR) is 70.5 cm³/mol. The molecular formula is C13H16N2O5. The Labute approximate surface area is 115 Å². The molecule has 0 spiro atoms. The number of aromatic hydroxyl groups is 1. The molecule has 7 nitrogen and oxygen atoms in total. The van der Waals surface area contributed by atoms with Gasteiger partial charge >= 0.3 is 0 Å². The zero-order chi connectivity index (χ0) is 14.7. The fraction of sp³-hybridized carbons (Fsp3) is 0.462. The number of hydrogen-bond donors (Lipinski definition) is 2. The first-order valence-corrected chi connectivity index (χ1v) is 6.44. The molecule has 0 aromatic heterocycles. The van der Waals surface area contributed by atoms with Crippen molar-refractivity contribution in [3.63, 3.8) is 0 Å². The fourth-order valence-electron chi connectivity index (χ4n) is 2.27. The molecule has 0 heterocycles. The van der Waals surface area contributed by atoms with Crippen LogP contribution in [-0.2, 0) is 0 Å². The van der Waals surface area contributed by atoms with E-state index in [9.17, 15) is 20.0 Å². The van der Waals surface area contributed by atoms with E-state index in [4.69, 9.17) is 5.11 Å². The molecule has 2 N–H and O–H groups in total. The second kappa shape index (κ2) is 5.87. The zero-order valence-corrected chi connectivity index (χ0v) is 10.9. The number of benzene rings is 1. The highest BCUT2D eigenvalue weighted by atomic mass is 16.6. The van der Waals surface area contributed by atoms with E-state index >= 15 is 0 Å². The summed E-state index contributed by atoms with van der Waals surface area (Å²) in [6.45, 7) is -0.0643. The van der Waals surface area contributed by atoms with Crippen molar-refractivity contribution in [2.75, 3.05) is 13.2 Å². The standard InChI is InChI=1S/C13H16N2O5/c16-7-6-14(9-2-1-3-9)13(18)11-8-10(17)4-5-12(11)15(19)20/h4-5,8-9,16-17H,1-3,6-7H2. The topological polar surface area (TPSA) is 104 Å². The maximum absolute atomic E-state index is 12.4. The number of carbonyl (C=O) groups is 1. The summed E-state index contributed by atoms with van der Waals surface area (Å²) in [7, 11) is 0. The van der Waals surface area contributed by atoms with Gasteiger partial charge in [-0.15, -0.1) is 0 Å². The number of phenols is 1. The van der Waals surface area contributed by atoms with Gasteiger partial charge in [0.1, 0.15) is 11.3 Å². The number of carbonyl (C=O) groups excluding carboxylic acids is 1.